The van der Waals surface area contributed by atoms with E-state index in [1.807, 2.05) is 23.1 Å². The molecule has 0 aliphatic carbocycles. The van der Waals surface area contributed by atoms with Crippen LogP contribution in [0.3, 0.4) is 0 Å². The third kappa shape index (κ3) is 5.43. The molecule has 29 heavy (non-hydrogen) atoms. The van der Waals surface area contributed by atoms with Crippen LogP contribution in [-0.4, -0.2) is 42.0 Å². The molecule has 4 nitrogen and oxygen atoms in total. The van der Waals surface area contributed by atoms with Gasteiger partial charge in [0.15, 0.2) is 5.13 Å². The van der Waals surface area contributed by atoms with Gasteiger partial charge in [-0.05, 0) is 56.1 Å². The average molecular weight is 410 g/mol. The molecule has 2 aromatic carbocycles. The van der Waals surface area contributed by atoms with Crippen molar-refractivity contribution < 1.29 is 4.79 Å². The molecule has 0 saturated heterocycles. The van der Waals surface area contributed by atoms with Crippen LogP contribution in [0, 0.1) is 13.8 Å². The first-order valence-corrected chi connectivity index (χ1v) is 11.3. The van der Waals surface area contributed by atoms with Crippen LogP contribution in [0.15, 0.2) is 42.5 Å². The molecule has 0 saturated carbocycles. The largest absolute Gasteiger partial charge is 0.302 e. The molecule has 0 aliphatic rings. The Morgan fingerprint density at radius 1 is 1.03 bits per heavy atom. The predicted molar refractivity (Wildman–Crippen MR) is 124 cm³/mol. The number of thiazole rings is 1. The summed E-state index contributed by atoms with van der Waals surface area (Å²) in [4.78, 5) is 22.3. The van der Waals surface area contributed by atoms with Crippen molar-refractivity contribution in [1.82, 2.24) is 9.88 Å². The quantitative estimate of drug-likeness (QED) is 0.486. The summed E-state index contributed by atoms with van der Waals surface area (Å²) in [6, 6.07) is 14.5. The molecule has 5 heteroatoms. The summed E-state index contributed by atoms with van der Waals surface area (Å²) in [7, 11) is 0. The number of hydrogen-bond acceptors (Lipinski definition) is 4. The second kappa shape index (κ2) is 9.99. The van der Waals surface area contributed by atoms with Gasteiger partial charge in [-0.1, -0.05) is 61.6 Å². The highest BCUT2D eigenvalue weighted by Gasteiger charge is 2.21. The summed E-state index contributed by atoms with van der Waals surface area (Å²) >= 11 is 1.63. The summed E-state index contributed by atoms with van der Waals surface area (Å²) in [6.45, 7) is 12.0. The zero-order valence-electron chi connectivity index (χ0n) is 17.9. The van der Waals surface area contributed by atoms with Crippen LogP contribution >= 0.6 is 11.3 Å². The number of rotatable bonds is 9. The molecule has 0 atom stereocenters. The number of benzene rings is 2. The van der Waals surface area contributed by atoms with E-state index >= 15 is 0 Å². The predicted octanol–water partition coefficient (Wildman–Crippen LogP) is 5.22. The van der Waals surface area contributed by atoms with Crippen molar-refractivity contribution in [3.8, 4) is 0 Å². The second-order valence-corrected chi connectivity index (χ2v) is 8.49. The molecule has 0 aliphatic heterocycles. The number of anilines is 1. The summed E-state index contributed by atoms with van der Waals surface area (Å²) < 4.78 is 1.15. The van der Waals surface area contributed by atoms with Gasteiger partial charge in [0.1, 0.15) is 0 Å². The summed E-state index contributed by atoms with van der Waals surface area (Å²) in [5.74, 6) is 0.148. The molecule has 0 unspecified atom stereocenters. The number of aromatic nitrogens is 1. The maximum atomic E-state index is 13.2. The molecule has 3 rings (SSSR count). The van der Waals surface area contributed by atoms with Gasteiger partial charge in [0, 0.05) is 19.5 Å². The van der Waals surface area contributed by atoms with Crippen molar-refractivity contribution in [2.24, 2.45) is 0 Å². The van der Waals surface area contributed by atoms with Crippen molar-refractivity contribution >= 4 is 32.6 Å². The number of fused-ring (bicyclic) bond motifs is 1. The lowest BCUT2D eigenvalue weighted by atomic mass is 10.1. The molecule has 1 aromatic heterocycles. The van der Waals surface area contributed by atoms with Gasteiger partial charge in [0.25, 0.3) is 0 Å². The fourth-order valence-corrected chi connectivity index (χ4v) is 4.80. The number of aryl methyl sites for hydroxylation is 3. The minimum absolute atomic E-state index is 0.148. The van der Waals surface area contributed by atoms with Crippen LogP contribution in [0.1, 0.15) is 37.0 Å². The van der Waals surface area contributed by atoms with E-state index in [1.54, 1.807) is 11.3 Å². The number of likely N-dealkylation sites (N-methyl/N-ethyl adjacent to an activating group) is 1. The standard InChI is InChI=1S/C24H31N3OS/c1-5-26(6-2)14-15-27(22(28)13-12-20-10-8-7-9-11-20)24-25-23-19(4)16-18(3)17-21(23)29-24/h7-11,16-17H,5-6,12-15H2,1-4H3. The molecule has 0 N–H and O–H groups in total. The fourth-order valence-electron chi connectivity index (χ4n) is 3.61. The molecule has 154 valence electrons. The van der Waals surface area contributed by atoms with Crippen molar-refractivity contribution in [3.05, 3.63) is 59.2 Å². The van der Waals surface area contributed by atoms with Gasteiger partial charge in [-0.2, -0.15) is 0 Å². The van der Waals surface area contributed by atoms with Crippen LogP contribution in [0.4, 0.5) is 5.13 Å². The van der Waals surface area contributed by atoms with Crippen molar-refractivity contribution in [2.75, 3.05) is 31.1 Å². The van der Waals surface area contributed by atoms with Gasteiger partial charge >= 0.3 is 0 Å². The molecule has 0 radical (unpaired) electrons. The van der Waals surface area contributed by atoms with E-state index in [9.17, 15) is 4.79 Å². The van der Waals surface area contributed by atoms with E-state index in [0.717, 1.165) is 41.4 Å². The monoisotopic (exact) mass is 409 g/mol. The van der Waals surface area contributed by atoms with E-state index in [-0.39, 0.29) is 5.91 Å². The number of amides is 1. The Bertz CT molecular complexity index is 947. The SMILES string of the molecule is CCN(CC)CCN(C(=O)CCc1ccccc1)c1nc2c(C)cc(C)cc2s1. The van der Waals surface area contributed by atoms with Gasteiger partial charge in [-0.3, -0.25) is 9.69 Å². The van der Waals surface area contributed by atoms with Crippen LogP contribution in [0.25, 0.3) is 10.2 Å². The lowest BCUT2D eigenvalue weighted by Gasteiger charge is -2.24. The van der Waals surface area contributed by atoms with E-state index in [1.165, 1.54) is 16.7 Å². The third-order valence-electron chi connectivity index (χ3n) is 5.36. The third-order valence-corrected chi connectivity index (χ3v) is 6.38. The second-order valence-electron chi connectivity index (χ2n) is 7.48. The summed E-state index contributed by atoms with van der Waals surface area (Å²) in [5.41, 5.74) is 4.61. The topological polar surface area (TPSA) is 36.4 Å². The Balaban J connectivity index is 1.83. The van der Waals surface area contributed by atoms with E-state index < -0.39 is 0 Å². The maximum absolute atomic E-state index is 13.2. The normalized spacial score (nSPS) is 11.3. The Morgan fingerprint density at radius 3 is 2.45 bits per heavy atom. The fraction of sp³-hybridized carbons (Fsp3) is 0.417. The van der Waals surface area contributed by atoms with Crippen LogP contribution in [0.5, 0.6) is 0 Å². The molecule has 0 fully saturated rings. The van der Waals surface area contributed by atoms with E-state index in [4.69, 9.17) is 4.98 Å². The number of carbonyl (C=O) groups excluding carboxylic acids is 1. The summed E-state index contributed by atoms with van der Waals surface area (Å²) in [6.07, 6.45) is 1.25. The van der Waals surface area contributed by atoms with Gasteiger partial charge in [0.2, 0.25) is 5.91 Å². The highest BCUT2D eigenvalue weighted by Crippen LogP contribution is 2.32. The highest BCUT2D eigenvalue weighted by molar-refractivity contribution is 7.22. The Labute approximate surface area is 178 Å². The minimum Gasteiger partial charge on any atom is -0.302 e. The number of hydrogen-bond donors (Lipinski definition) is 0. The van der Waals surface area contributed by atoms with Gasteiger partial charge in [-0.15, -0.1) is 0 Å². The smallest absolute Gasteiger partial charge is 0.229 e. The molecule has 0 bridgehead atoms. The number of nitrogens with zero attached hydrogens (tertiary/aromatic N) is 3. The van der Waals surface area contributed by atoms with Crippen molar-refractivity contribution in [1.29, 1.82) is 0 Å². The molecule has 1 heterocycles. The molecular weight excluding hydrogens is 378 g/mol. The lowest BCUT2D eigenvalue weighted by molar-refractivity contribution is -0.118. The minimum atomic E-state index is 0.148. The zero-order chi connectivity index (χ0) is 20.8. The Morgan fingerprint density at radius 2 is 1.76 bits per heavy atom. The van der Waals surface area contributed by atoms with Crippen LogP contribution in [-0.2, 0) is 11.2 Å². The van der Waals surface area contributed by atoms with Crippen LogP contribution < -0.4 is 4.90 Å². The van der Waals surface area contributed by atoms with Gasteiger partial charge < -0.3 is 4.90 Å². The van der Waals surface area contributed by atoms with E-state index in [2.05, 4.69) is 56.9 Å². The Kier molecular flexibility index (Phi) is 7.40. The Hall–Kier alpha value is -2.24. The molecule has 3 aromatic rings. The van der Waals surface area contributed by atoms with Crippen molar-refractivity contribution in [2.45, 2.75) is 40.5 Å². The summed E-state index contributed by atoms with van der Waals surface area (Å²) in [5, 5.41) is 0.818. The first-order valence-electron chi connectivity index (χ1n) is 10.5. The van der Waals surface area contributed by atoms with Gasteiger partial charge in [-0.25, -0.2) is 4.98 Å². The average Bonchev–Trinajstić information content (AvgIpc) is 3.14. The van der Waals surface area contributed by atoms with Crippen molar-refractivity contribution in [3.63, 3.8) is 0 Å². The molecular formula is C24H31N3OS. The first-order chi connectivity index (χ1) is 14.0. The molecule has 0 spiro atoms. The molecule has 1 amide bonds. The van der Waals surface area contributed by atoms with E-state index in [0.29, 0.717) is 13.0 Å². The zero-order valence-corrected chi connectivity index (χ0v) is 18.8. The first kappa shape index (κ1) is 21.5. The lowest BCUT2D eigenvalue weighted by Crippen LogP contribution is -2.39. The van der Waals surface area contributed by atoms with Crippen LogP contribution in [0.2, 0.25) is 0 Å². The highest BCUT2D eigenvalue weighted by atomic mass is 32.1. The maximum Gasteiger partial charge on any atom is 0.229 e. The van der Waals surface area contributed by atoms with Gasteiger partial charge in [0.05, 0.1) is 10.2 Å². The number of carbonyl (C=O) groups is 1.